The van der Waals surface area contributed by atoms with Gasteiger partial charge in [-0.3, -0.25) is 0 Å². The number of terminal acetylenes is 1. The third kappa shape index (κ3) is 1.57. The van der Waals surface area contributed by atoms with E-state index in [0.717, 1.165) is 29.4 Å². The Morgan fingerprint density at radius 2 is 1.80 bits per heavy atom. The van der Waals surface area contributed by atoms with E-state index < -0.39 is 0 Å². The number of aromatic nitrogens is 2. The van der Waals surface area contributed by atoms with E-state index in [1.165, 1.54) is 44.2 Å². The molecule has 4 fully saturated rings. The fraction of sp³-hybridized carbons (Fsp3) is 0.706. The SMILES string of the molecule is C#CCn1c(C)nc(C23CC4CC(CC(C4)C2)C3)c1N. The molecule has 0 amide bonds. The molecule has 0 saturated heterocycles. The second-order valence-electron chi connectivity index (χ2n) is 7.38. The highest BCUT2D eigenvalue weighted by Gasteiger charge is 2.53. The van der Waals surface area contributed by atoms with Crippen LogP contribution in [0.2, 0.25) is 0 Å². The van der Waals surface area contributed by atoms with Gasteiger partial charge in [0.05, 0.1) is 12.2 Å². The molecule has 1 aromatic rings. The highest BCUT2D eigenvalue weighted by atomic mass is 15.1. The standard InChI is InChI=1S/C17H23N3/c1-3-4-20-11(2)19-15(16(20)18)17-8-12-5-13(9-17)7-14(6-12)10-17/h1,12-14H,4-10,18H2,2H3. The topological polar surface area (TPSA) is 43.8 Å². The minimum atomic E-state index is 0.267. The zero-order chi connectivity index (χ0) is 13.9. The molecule has 5 rings (SSSR count). The zero-order valence-electron chi connectivity index (χ0n) is 12.2. The molecule has 1 aromatic heterocycles. The van der Waals surface area contributed by atoms with Gasteiger partial charge in [-0.1, -0.05) is 5.92 Å². The van der Waals surface area contributed by atoms with Crippen molar-refractivity contribution >= 4 is 5.82 Å². The van der Waals surface area contributed by atoms with Crippen LogP contribution >= 0.6 is 0 Å². The van der Waals surface area contributed by atoms with Crippen LogP contribution in [0.3, 0.4) is 0 Å². The molecule has 0 aromatic carbocycles. The van der Waals surface area contributed by atoms with Gasteiger partial charge in [-0.15, -0.1) is 6.42 Å². The minimum absolute atomic E-state index is 0.267. The summed E-state index contributed by atoms with van der Waals surface area (Å²) in [6.45, 7) is 2.56. The summed E-state index contributed by atoms with van der Waals surface area (Å²) in [5, 5.41) is 0. The van der Waals surface area contributed by atoms with Crippen molar-refractivity contribution in [3.8, 4) is 12.3 Å². The van der Waals surface area contributed by atoms with Crippen LogP contribution in [0.15, 0.2) is 0 Å². The van der Waals surface area contributed by atoms with E-state index >= 15 is 0 Å². The van der Waals surface area contributed by atoms with Gasteiger partial charge in [0.15, 0.2) is 0 Å². The molecule has 20 heavy (non-hydrogen) atoms. The molecule has 3 heteroatoms. The lowest BCUT2D eigenvalue weighted by molar-refractivity contribution is -0.00670. The molecule has 2 N–H and O–H groups in total. The molecule has 3 nitrogen and oxygen atoms in total. The maximum Gasteiger partial charge on any atom is 0.128 e. The number of aryl methyl sites for hydroxylation is 1. The largest absolute Gasteiger partial charge is 0.383 e. The third-order valence-electron chi connectivity index (χ3n) is 5.99. The molecular formula is C17H23N3. The van der Waals surface area contributed by atoms with Gasteiger partial charge in [-0.05, 0) is 63.2 Å². The van der Waals surface area contributed by atoms with Crippen LogP contribution in [0.25, 0.3) is 0 Å². The monoisotopic (exact) mass is 269 g/mol. The molecule has 0 radical (unpaired) electrons. The summed E-state index contributed by atoms with van der Waals surface area (Å²) in [6.07, 6.45) is 13.7. The van der Waals surface area contributed by atoms with Gasteiger partial charge < -0.3 is 10.3 Å². The Hall–Kier alpha value is -1.43. The maximum absolute atomic E-state index is 6.42. The quantitative estimate of drug-likeness (QED) is 0.839. The normalized spacial score (nSPS) is 38.1. The summed E-state index contributed by atoms with van der Waals surface area (Å²) < 4.78 is 2.01. The van der Waals surface area contributed by atoms with E-state index in [4.69, 9.17) is 17.1 Å². The van der Waals surface area contributed by atoms with Crippen molar-refractivity contribution in [2.45, 2.75) is 57.4 Å². The summed E-state index contributed by atoms with van der Waals surface area (Å²) in [6, 6.07) is 0. The van der Waals surface area contributed by atoms with Gasteiger partial charge in [-0.25, -0.2) is 4.98 Å². The van der Waals surface area contributed by atoms with E-state index in [1.54, 1.807) is 0 Å². The maximum atomic E-state index is 6.42. The van der Waals surface area contributed by atoms with E-state index in [-0.39, 0.29) is 5.41 Å². The van der Waals surface area contributed by atoms with Crippen LogP contribution in [0, 0.1) is 37.0 Å². The van der Waals surface area contributed by atoms with Crippen molar-refractivity contribution in [2.75, 3.05) is 5.73 Å². The van der Waals surface area contributed by atoms with Gasteiger partial charge >= 0.3 is 0 Å². The minimum Gasteiger partial charge on any atom is -0.383 e. The predicted octanol–water partition coefficient (Wildman–Crippen LogP) is 2.87. The second-order valence-corrected chi connectivity index (χ2v) is 7.38. The van der Waals surface area contributed by atoms with Crippen LogP contribution in [0.5, 0.6) is 0 Å². The van der Waals surface area contributed by atoms with Gasteiger partial charge in [0.1, 0.15) is 11.6 Å². The Morgan fingerprint density at radius 1 is 1.25 bits per heavy atom. The zero-order valence-corrected chi connectivity index (χ0v) is 12.2. The number of rotatable bonds is 2. The molecule has 4 bridgehead atoms. The molecule has 0 unspecified atom stereocenters. The van der Waals surface area contributed by atoms with Crippen molar-refractivity contribution in [1.82, 2.24) is 9.55 Å². The molecular weight excluding hydrogens is 246 g/mol. The van der Waals surface area contributed by atoms with Crippen LogP contribution in [0.1, 0.15) is 50.0 Å². The summed E-state index contributed by atoms with van der Waals surface area (Å²) in [7, 11) is 0. The third-order valence-corrected chi connectivity index (χ3v) is 5.99. The molecule has 4 aliphatic rings. The molecule has 0 atom stereocenters. The molecule has 4 saturated carbocycles. The Morgan fingerprint density at radius 3 is 2.30 bits per heavy atom. The molecule has 106 valence electrons. The smallest absolute Gasteiger partial charge is 0.128 e. The van der Waals surface area contributed by atoms with Crippen molar-refractivity contribution in [2.24, 2.45) is 17.8 Å². The first-order valence-electron chi connectivity index (χ1n) is 7.88. The number of hydrogen-bond donors (Lipinski definition) is 1. The number of nitrogens with two attached hydrogens (primary N) is 1. The second kappa shape index (κ2) is 4.04. The average molecular weight is 269 g/mol. The Kier molecular flexibility index (Phi) is 2.49. The van der Waals surface area contributed by atoms with Gasteiger partial charge in [0.25, 0.3) is 0 Å². The van der Waals surface area contributed by atoms with E-state index in [9.17, 15) is 0 Å². The van der Waals surface area contributed by atoms with Crippen molar-refractivity contribution in [3.63, 3.8) is 0 Å². The lowest BCUT2D eigenvalue weighted by Gasteiger charge is -2.56. The summed E-state index contributed by atoms with van der Waals surface area (Å²) in [5.41, 5.74) is 7.85. The first kappa shape index (κ1) is 12.3. The first-order valence-corrected chi connectivity index (χ1v) is 7.88. The van der Waals surface area contributed by atoms with Gasteiger partial charge in [-0.2, -0.15) is 0 Å². The lowest BCUT2D eigenvalue weighted by atomic mass is 9.49. The van der Waals surface area contributed by atoms with Crippen molar-refractivity contribution in [1.29, 1.82) is 0 Å². The number of anilines is 1. The number of nitrogen functional groups attached to an aromatic ring is 1. The number of nitrogens with zero attached hydrogens (tertiary/aromatic N) is 2. The fourth-order valence-corrected chi connectivity index (χ4v) is 5.66. The number of imidazole rings is 1. The molecule has 1 heterocycles. The van der Waals surface area contributed by atoms with Gasteiger partial charge in [0.2, 0.25) is 0 Å². The fourth-order valence-electron chi connectivity index (χ4n) is 5.66. The van der Waals surface area contributed by atoms with Crippen LogP contribution in [-0.2, 0) is 12.0 Å². The van der Waals surface area contributed by atoms with E-state index in [2.05, 4.69) is 5.92 Å². The molecule has 4 aliphatic carbocycles. The van der Waals surface area contributed by atoms with Crippen LogP contribution in [-0.4, -0.2) is 9.55 Å². The lowest BCUT2D eigenvalue weighted by Crippen LogP contribution is -2.49. The summed E-state index contributed by atoms with van der Waals surface area (Å²) in [5.74, 6) is 7.26. The van der Waals surface area contributed by atoms with Crippen molar-refractivity contribution in [3.05, 3.63) is 11.5 Å². The van der Waals surface area contributed by atoms with Crippen molar-refractivity contribution < 1.29 is 0 Å². The van der Waals surface area contributed by atoms with Crippen LogP contribution in [0.4, 0.5) is 5.82 Å². The highest BCUT2D eigenvalue weighted by molar-refractivity contribution is 5.45. The Balaban J connectivity index is 1.78. The highest BCUT2D eigenvalue weighted by Crippen LogP contribution is 2.61. The van der Waals surface area contributed by atoms with Gasteiger partial charge in [0, 0.05) is 5.41 Å². The molecule has 0 spiro atoms. The number of hydrogen-bond acceptors (Lipinski definition) is 2. The average Bonchev–Trinajstić information content (AvgIpc) is 2.66. The Labute approximate surface area is 121 Å². The predicted molar refractivity (Wildman–Crippen MR) is 80.1 cm³/mol. The summed E-state index contributed by atoms with van der Waals surface area (Å²) >= 11 is 0. The Bertz CT molecular complexity index is 555. The van der Waals surface area contributed by atoms with Crippen LogP contribution < -0.4 is 5.73 Å². The first-order chi connectivity index (χ1) is 9.61. The van der Waals surface area contributed by atoms with E-state index in [0.29, 0.717) is 6.54 Å². The molecule has 0 aliphatic heterocycles. The van der Waals surface area contributed by atoms with E-state index in [1.807, 2.05) is 11.5 Å². The summed E-state index contributed by atoms with van der Waals surface area (Å²) in [4.78, 5) is 4.86.